The fourth-order valence-corrected chi connectivity index (χ4v) is 2.51. The predicted octanol–water partition coefficient (Wildman–Crippen LogP) is 1.62. The first-order valence-corrected chi connectivity index (χ1v) is 6.28. The summed E-state index contributed by atoms with van der Waals surface area (Å²) >= 11 is 0. The Morgan fingerprint density at radius 3 is 2.88 bits per heavy atom. The van der Waals surface area contributed by atoms with Crippen LogP contribution in [0.15, 0.2) is 12.7 Å². The molecule has 0 unspecified atom stereocenters. The van der Waals surface area contributed by atoms with Crippen LogP contribution in [0.25, 0.3) is 0 Å². The SMILES string of the molecule is C=CC[C@@H]1O[C@@H]2CO[C@@H](C)O[C@H]2CC[C@@]1(C)O. The topological polar surface area (TPSA) is 47.9 Å². The fraction of sp³-hybridized carbons (Fsp3) is 0.846. The molecule has 2 heterocycles. The second-order valence-corrected chi connectivity index (χ2v) is 5.16. The maximum atomic E-state index is 10.4. The molecule has 2 aliphatic rings. The smallest absolute Gasteiger partial charge is 0.155 e. The molecular formula is C13H22O4. The lowest BCUT2D eigenvalue weighted by Gasteiger charge is -2.35. The van der Waals surface area contributed by atoms with Crippen LogP contribution in [0.5, 0.6) is 0 Å². The van der Waals surface area contributed by atoms with Crippen molar-refractivity contribution < 1.29 is 19.3 Å². The average Bonchev–Trinajstić information content (AvgIpc) is 2.39. The van der Waals surface area contributed by atoms with Crippen LogP contribution in [0, 0.1) is 0 Å². The van der Waals surface area contributed by atoms with Crippen molar-refractivity contribution >= 4 is 0 Å². The van der Waals surface area contributed by atoms with Crippen molar-refractivity contribution in [3.63, 3.8) is 0 Å². The van der Waals surface area contributed by atoms with Gasteiger partial charge in [0.15, 0.2) is 6.29 Å². The predicted molar refractivity (Wildman–Crippen MR) is 63.6 cm³/mol. The van der Waals surface area contributed by atoms with E-state index in [1.807, 2.05) is 13.8 Å². The van der Waals surface area contributed by atoms with Crippen molar-refractivity contribution in [2.75, 3.05) is 6.61 Å². The van der Waals surface area contributed by atoms with E-state index in [9.17, 15) is 5.11 Å². The lowest BCUT2D eigenvalue weighted by Crippen LogP contribution is -2.46. The number of fused-ring (bicyclic) bond motifs is 1. The third-order valence-electron chi connectivity index (χ3n) is 3.62. The Morgan fingerprint density at radius 2 is 2.18 bits per heavy atom. The van der Waals surface area contributed by atoms with Crippen LogP contribution in [-0.4, -0.2) is 41.9 Å². The Balaban J connectivity index is 2.09. The average molecular weight is 242 g/mol. The molecule has 0 aromatic heterocycles. The normalized spacial score (nSPS) is 47.0. The van der Waals surface area contributed by atoms with Gasteiger partial charge in [-0.2, -0.15) is 0 Å². The summed E-state index contributed by atoms with van der Waals surface area (Å²) in [4.78, 5) is 0. The molecule has 0 saturated carbocycles. The third-order valence-corrected chi connectivity index (χ3v) is 3.62. The maximum absolute atomic E-state index is 10.4. The van der Waals surface area contributed by atoms with Gasteiger partial charge in [-0.3, -0.25) is 0 Å². The van der Waals surface area contributed by atoms with Gasteiger partial charge in [-0.05, 0) is 33.1 Å². The molecule has 2 rings (SSSR count). The van der Waals surface area contributed by atoms with Crippen molar-refractivity contribution in [3.05, 3.63) is 12.7 Å². The monoisotopic (exact) mass is 242 g/mol. The minimum absolute atomic E-state index is 0.0278. The molecule has 5 atom stereocenters. The Hall–Kier alpha value is -0.420. The summed E-state index contributed by atoms with van der Waals surface area (Å²) in [5, 5.41) is 10.4. The summed E-state index contributed by atoms with van der Waals surface area (Å²) in [7, 11) is 0. The molecule has 0 aromatic rings. The van der Waals surface area contributed by atoms with Gasteiger partial charge in [0.05, 0.1) is 24.4 Å². The first kappa shape index (κ1) is 13.0. The van der Waals surface area contributed by atoms with Crippen LogP contribution in [0.1, 0.15) is 33.1 Å². The van der Waals surface area contributed by atoms with Crippen LogP contribution in [0.2, 0.25) is 0 Å². The molecule has 2 aliphatic heterocycles. The molecule has 0 amide bonds. The zero-order valence-corrected chi connectivity index (χ0v) is 10.6. The van der Waals surface area contributed by atoms with Gasteiger partial charge in [0.1, 0.15) is 6.10 Å². The quantitative estimate of drug-likeness (QED) is 0.748. The minimum Gasteiger partial charge on any atom is -0.387 e. The number of aliphatic hydroxyl groups is 1. The number of hydrogen-bond acceptors (Lipinski definition) is 4. The van der Waals surface area contributed by atoms with Crippen LogP contribution in [-0.2, 0) is 14.2 Å². The second-order valence-electron chi connectivity index (χ2n) is 5.16. The van der Waals surface area contributed by atoms with Gasteiger partial charge in [-0.15, -0.1) is 6.58 Å². The summed E-state index contributed by atoms with van der Waals surface area (Å²) in [6.07, 6.45) is 3.46. The lowest BCUT2D eigenvalue weighted by atomic mass is 9.91. The molecule has 0 aromatic carbocycles. The third kappa shape index (κ3) is 2.88. The molecule has 4 nitrogen and oxygen atoms in total. The molecule has 1 N–H and O–H groups in total. The highest BCUT2D eigenvalue weighted by Crippen LogP contribution is 2.33. The van der Waals surface area contributed by atoms with E-state index >= 15 is 0 Å². The van der Waals surface area contributed by atoms with Crippen LogP contribution < -0.4 is 0 Å². The Morgan fingerprint density at radius 1 is 1.41 bits per heavy atom. The van der Waals surface area contributed by atoms with E-state index in [2.05, 4.69) is 6.58 Å². The number of hydrogen-bond donors (Lipinski definition) is 1. The zero-order valence-electron chi connectivity index (χ0n) is 10.6. The van der Waals surface area contributed by atoms with Crippen LogP contribution >= 0.6 is 0 Å². The van der Waals surface area contributed by atoms with Gasteiger partial charge in [-0.25, -0.2) is 0 Å². The van der Waals surface area contributed by atoms with Gasteiger partial charge < -0.3 is 19.3 Å². The van der Waals surface area contributed by atoms with E-state index in [1.54, 1.807) is 6.08 Å². The van der Waals surface area contributed by atoms with E-state index in [0.29, 0.717) is 19.4 Å². The maximum Gasteiger partial charge on any atom is 0.155 e. The highest BCUT2D eigenvalue weighted by atomic mass is 16.7. The van der Waals surface area contributed by atoms with E-state index < -0.39 is 5.60 Å². The van der Waals surface area contributed by atoms with Gasteiger partial charge >= 0.3 is 0 Å². The summed E-state index contributed by atoms with van der Waals surface area (Å²) < 4.78 is 17.1. The summed E-state index contributed by atoms with van der Waals surface area (Å²) in [6, 6.07) is 0. The number of ether oxygens (including phenoxy) is 3. The first-order chi connectivity index (χ1) is 8.03. The molecule has 2 saturated heterocycles. The zero-order chi connectivity index (χ0) is 12.5. The molecule has 17 heavy (non-hydrogen) atoms. The molecule has 2 fully saturated rings. The first-order valence-electron chi connectivity index (χ1n) is 6.28. The van der Waals surface area contributed by atoms with Crippen LogP contribution in [0.3, 0.4) is 0 Å². The van der Waals surface area contributed by atoms with Gasteiger partial charge in [0.2, 0.25) is 0 Å². The van der Waals surface area contributed by atoms with Crippen molar-refractivity contribution in [3.8, 4) is 0 Å². The van der Waals surface area contributed by atoms with E-state index in [1.165, 1.54) is 0 Å². The highest BCUT2D eigenvalue weighted by molar-refractivity contribution is 4.94. The summed E-state index contributed by atoms with van der Waals surface area (Å²) in [6.45, 7) is 7.96. The summed E-state index contributed by atoms with van der Waals surface area (Å²) in [5.74, 6) is 0. The Kier molecular flexibility index (Phi) is 3.88. The molecule has 0 aliphatic carbocycles. The largest absolute Gasteiger partial charge is 0.387 e. The highest BCUT2D eigenvalue weighted by Gasteiger charge is 2.42. The molecule has 4 heteroatoms. The molecule has 0 radical (unpaired) electrons. The molecular weight excluding hydrogens is 220 g/mol. The van der Waals surface area contributed by atoms with Crippen molar-refractivity contribution in [1.82, 2.24) is 0 Å². The van der Waals surface area contributed by atoms with Gasteiger partial charge in [0, 0.05) is 0 Å². The van der Waals surface area contributed by atoms with E-state index in [-0.39, 0.29) is 24.6 Å². The standard InChI is InChI=1S/C13H22O4/c1-4-5-12-13(3,14)7-6-10-11(17-12)8-15-9(2)16-10/h4,9-12,14H,1,5-8H2,2-3H3/t9-,10+,11-,12+,13-/m1/s1. The van der Waals surface area contributed by atoms with E-state index in [0.717, 1.165) is 6.42 Å². The number of rotatable bonds is 2. The van der Waals surface area contributed by atoms with Gasteiger partial charge in [0.25, 0.3) is 0 Å². The summed E-state index contributed by atoms with van der Waals surface area (Å²) in [5.41, 5.74) is -0.821. The molecule has 0 spiro atoms. The minimum atomic E-state index is -0.821. The Bertz CT molecular complexity index is 277. The molecule has 98 valence electrons. The molecule has 0 bridgehead atoms. The van der Waals surface area contributed by atoms with Gasteiger partial charge in [-0.1, -0.05) is 6.08 Å². The van der Waals surface area contributed by atoms with Crippen molar-refractivity contribution in [2.24, 2.45) is 0 Å². The fourth-order valence-electron chi connectivity index (χ4n) is 2.51. The van der Waals surface area contributed by atoms with Crippen molar-refractivity contribution in [2.45, 2.75) is 63.3 Å². The van der Waals surface area contributed by atoms with Crippen molar-refractivity contribution in [1.29, 1.82) is 0 Å². The Labute approximate surface area is 103 Å². The van der Waals surface area contributed by atoms with E-state index in [4.69, 9.17) is 14.2 Å². The lowest BCUT2D eigenvalue weighted by molar-refractivity contribution is -0.261. The second kappa shape index (κ2) is 5.06. The van der Waals surface area contributed by atoms with Crippen LogP contribution in [0.4, 0.5) is 0 Å².